The molecule has 3 N–H and O–H groups in total. The van der Waals surface area contributed by atoms with Crippen molar-refractivity contribution in [3.63, 3.8) is 0 Å². The van der Waals surface area contributed by atoms with Gasteiger partial charge in [0, 0.05) is 39.7 Å². The predicted octanol–water partition coefficient (Wildman–Crippen LogP) is 3.86. The number of hydrogen-bond acceptors (Lipinski definition) is 4. The summed E-state index contributed by atoms with van der Waals surface area (Å²) in [6, 6.07) is 10.9. The Morgan fingerprint density at radius 1 is 1.13 bits per heavy atom. The number of nitrogens with zero attached hydrogens (tertiary/aromatic N) is 1. The van der Waals surface area contributed by atoms with Crippen molar-refractivity contribution >= 4 is 22.6 Å². The summed E-state index contributed by atoms with van der Waals surface area (Å²) in [5.41, 5.74) is 9.30. The van der Waals surface area contributed by atoms with Crippen molar-refractivity contribution < 1.29 is 14.3 Å². The molecular weight excluding hydrogens is 390 g/mol. The smallest absolute Gasteiger partial charge is 0.248 e. The van der Waals surface area contributed by atoms with Gasteiger partial charge in [-0.25, -0.2) is 0 Å². The van der Waals surface area contributed by atoms with Crippen molar-refractivity contribution in [3.05, 3.63) is 64.3 Å². The molecule has 0 spiro atoms. The van der Waals surface area contributed by atoms with Crippen LogP contribution in [0, 0.1) is 0 Å². The molecule has 0 unspecified atom stereocenters. The first-order valence-electron chi connectivity index (χ1n) is 10.8. The summed E-state index contributed by atoms with van der Waals surface area (Å²) in [5.74, 6) is 0.259. The Kier molecular flexibility index (Phi) is 5.35. The van der Waals surface area contributed by atoms with Crippen molar-refractivity contribution in [2.75, 3.05) is 26.2 Å². The van der Waals surface area contributed by atoms with Crippen LogP contribution in [-0.4, -0.2) is 47.8 Å². The molecule has 4 rings (SSSR count). The summed E-state index contributed by atoms with van der Waals surface area (Å²) >= 11 is 0. The van der Waals surface area contributed by atoms with Crippen LogP contribution in [-0.2, 0) is 5.41 Å². The lowest BCUT2D eigenvalue weighted by molar-refractivity contribution is 0.0998. The van der Waals surface area contributed by atoms with Crippen LogP contribution in [0.25, 0.3) is 10.9 Å². The maximum atomic E-state index is 13.4. The average Bonchev–Trinajstić information content (AvgIpc) is 3.15. The Bertz CT molecular complexity index is 1170. The van der Waals surface area contributed by atoms with Crippen molar-refractivity contribution in [2.45, 2.75) is 33.1 Å². The van der Waals surface area contributed by atoms with E-state index in [0.717, 1.165) is 47.5 Å². The third-order valence-electron chi connectivity index (χ3n) is 6.41. The SMILES string of the molecule is CCN(CC)CCOc1ccc2c(c1)C(C)(C)c1[nH]c3cc(C(N)=O)ccc3c1C2=O. The molecule has 1 heterocycles. The molecule has 0 radical (unpaired) electrons. The van der Waals surface area contributed by atoms with Gasteiger partial charge in [0.2, 0.25) is 5.91 Å². The summed E-state index contributed by atoms with van der Waals surface area (Å²) in [6.07, 6.45) is 0. The largest absolute Gasteiger partial charge is 0.492 e. The molecule has 1 amide bonds. The zero-order valence-corrected chi connectivity index (χ0v) is 18.5. The number of H-pyrrole nitrogens is 1. The normalized spacial score (nSPS) is 14.5. The second-order valence-corrected chi connectivity index (χ2v) is 8.54. The topological polar surface area (TPSA) is 88.4 Å². The highest BCUT2D eigenvalue weighted by Gasteiger charge is 2.39. The summed E-state index contributed by atoms with van der Waals surface area (Å²) in [4.78, 5) is 30.7. The van der Waals surface area contributed by atoms with Gasteiger partial charge in [-0.05, 0) is 49.0 Å². The van der Waals surface area contributed by atoms with Gasteiger partial charge in [0.15, 0.2) is 5.78 Å². The minimum Gasteiger partial charge on any atom is -0.492 e. The molecule has 0 fully saturated rings. The second-order valence-electron chi connectivity index (χ2n) is 8.54. The van der Waals surface area contributed by atoms with Gasteiger partial charge in [-0.2, -0.15) is 0 Å². The maximum Gasteiger partial charge on any atom is 0.248 e. The molecule has 0 atom stereocenters. The van der Waals surface area contributed by atoms with E-state index in [1.54, 1.807) is 18.2 Å². The van der Waals surface area contributed by atoms with Gasteiger partial charge in [-0.1, -0.05) is 33.8 Å². The van der Waals surface area contributed by atoms with Crippen molar-refractivity contribution in [1.82, 2.24) is 9.88 Å². The molecule has 6 heteroatoms. The maximum absolute atomic E-state index is 13.4. The molecule has 3 aromatic rings. The van der Waals surface area contributed by atoms with Gasteiger partial charge in [-0.15, -0.1) is 0 Å². The molecular formula is C25H29N3O3. The number of amides is 1. The third kappa shape index (κ3) is 3.51. The van der Waals surface area contributed by atoms with Gasteiger partial charge in [-0.3, -0.25) is 9.59 Å². The van der Waals surface area contributed by atoms with Crippen LogP contribution >= 0.6 is 0 Å². The van der Waals surface area contributed by atoms with E-state index in [4.69, 9.17) is 10.5 Å². The Labute approximate surface area is 182 Å². The molecule has 0 saturated carbocycles. The highest BCUT2D eigenvalue weighted by atomic mass is 16.5. The van der Waals surface area contributed by atoms with Gasteiger partial charge in [0.05, 0.1) is 5.56 Å². The number of carbonyl (C=O) groups is 2. The number of benzene rings is 2. The molecule has 31 heavy (non-hydrogen) atoms. The van der Waals surface area contributed by atoms with E-state index in [0.29, 0.717) is 23.3 Å². The standard InChI is InChI=1S/C25H29N3O3/c1-5-28(6-2)11-12-31-16-8-10-17-19(14-16)25(3,4)23-21(22(17)29)18-9-7-15(24(26)30)13-20(18)27-23/h7-10,13-14,27H,5-6,11-12H2,1-4H3,(H2,26,30). The number of primary amides is 1. The first-order valence-corrected chi connectivity index (χ1v) is 10.8. The quantitative estimate of drug-likeness (QED) is 0.609. The molecule has 1 aromatic heterocycles. The molecule has 6 nitrogen and oxygen atoms in total. The zero-order chi connectivity index (χ0) is 22.3. The Morgan fingerprint density at radius 2 is 1.87 bits per heavy atom. The number of aromatic nitrogens is 1. The van der Waals surface area contributed by atoms with Crippen LogP contribution < -0.4 is 10.5 Å². The zero-order valence-electron chi connectivity index (χ0n) is 18.5. The summed E-state index contributed by atoms with van der Waals surface area (Å²) in [6.45, 7) is 11.9. The van der Waals surface area contributed by atoms with Crippen LogP contribution in [0.5, 0.6) is 5.75 Å². The number of likely N-dealkylation sites (N-methyl/N-ethyl adjacent to an activating group) is 1. The summed E-state index contributed by atoms with van der Waals surface area (Å²) in [7, 11) is 0. The first-order chi connectivity index (χ1) is 14.8. The number of carbonyl (C=O) groups excluding carboxylic acids is 2. The fourth-order valence-electron chi connectivity index (χ4n) is 4.49. The van der Waals surface area contributed by atoms with Gasteiger partial charge in [0.25, 0.3) is 0 Å². The molecule has 162 valence electrons. The molecule has 1 aliphatic rings. The van der Waals surface area contributed by atoms with Crippen molar-refractivity contribution in [3.8, 4) is 5.75 Å². The van der Waals surface area contributed by atoms with Crippen LogP contribution in [0.2, 0.25) is 0 Å². The Hall–Kier alpha value is -3.12. The number of nitrogens with two attached hydrogens (primary N) is 1. The number of rotatable bonds is 7. The highest BCUT2D eigenvalue weighted by Crippen LogP contribution is 2.44. The van der Waals surface area contributed by atoms with E-state index in [-0.39, 0.29) is 5.78 Å². The third-order valence-corrected chi connectivity index (χ3v) is 6.41. The van der Waals surface area contributed by atoms with Gasteiger partial charge >= 0.3 is 0 Å². The van der Waals surface area contributed by atoms with E-state index >= 15 is 0 Å². The van der Waals surface area contributed by atoms with Crippen molar-refractivity contribution in [2.24, 2.45) is 5.73 Å². The predicted molar refractivity (Wildman–Crippen MR) is 122 cm³/mol. The summed E-state index contributed by atoms with van der Waals surface area (Å²) in [5, 5.41) is 0.809. The Balaban J connectivity index is 1.71. The molecule has 0 bridgehead atoms. The van der Waals surface area contributed by atoms with E-state index < -0.39 is 11.3 Å². The second kappa shape index (κ2) is 7.85. The lowest BCUT2D eigenvalue weighted by Gasteiger charge is -2.32. The lowest BCUT2D eigenvalue weighted by atomic mass is 9.71. The van der Waals surface area contributed by atoms with Crippen LogP contribution in [0.15, 0.2) is 36.4 Å². The van der Waals surface area contributed by atoms with E-state index in [1.165, 1.54) is 0 Å². The van der Waals surface area contributed by atoms with E-state index in [2.05, 4.69) is 37.6 Å². The van der Waals surface area contributed by atoms with Crippen LogP contribution in [0.3, 0.4) is 0 Å². The number of nitrogens with one attached hydrogen (secondary N) is 1. The fraction of sp³-hybridized carbons (Fsp3) is 0.360. The minimum atomic E-state index is -0.491. The van der Waals surface area contributed by atoms with Crippen LogP contribution in [0.4, 0.5) is 0 Å². The number of ketones is 1. The average molecular weight is 420 g/mol. The Morgan fingerprint density at radius 3 is 2.55 bits per heavy atom. The monoisotopic (exact) mass is 419 g/mol. The molecule has 1 aliphatic carbocycles. The number of ether oxygens (including phenoxy) is 1. The van der Waals surface area contributed by atoms with Crippen LogP contribution in [0.1, 0.15) is 65.2 Å². The van der Waals surface area contributed by atoms with Gasteiger partial charge in [0.1, 0.15) is 12.4 Å². The first kappa shape index (κ1) is 21.1. The number of aromatic amines is 1. The molecule has 2 aromatic carbocycles. The summed E-state index contributed by atoms with van der Waals surface area (Å²) < 4.78 is 6.01. The fourth-order valence-corrected chi connectivity index (χ4v) is 4.49. The minimum absolute atomic E-state index is 0.0166. The van der Waals surface area contributed by atoms with E-state index in [1.807, 2.05) is 18.2 Å². The highest BCUT2D eigenvalue weighted by molar-refractivity contribution is 6.20. The molecule has 0 aliphatic heterocycles. The van der Waals surface area contributed by atoms with E-state index in [9.17, 15) is 9.59 Å². The van der Waals surface area contributed by atoms with Gasteiger partial charge < -0.3 is 20.4 Å². The molecule has 0 saturated heterocycles. The number of fused-ring (bicyclic) bond motifs is 4. The number of hydrogen-bond donors (Lipinski definition) is 2. The van der Waals surface area contributed by atoms with Crippen molar-refractivity contribution in [1.29, 1.82) is 0 Å². The lowest BCUT2D eigenvalue weighted by Crippen LogP contribution is -2.30.